The molecule has 0 saturated heterocycles. The Balaban J connectivity index is 0.00000210. The second-order valence-corrected chi connectivity index (χ2v) is 7.14. The molecule has 4 rings (SSSR count). The number of hydrogen-bond donors (Lipinski definition) is 0. The monoisotopic (exact) mass is 426 g/mol. The van der Waals surface area contributed by atoms with Crippen LogP contribution in [0.4, 0.5) is 0 Å². The average Bonchev–Trinajstić information content (AvgIpc) is 3.22. The first kappa shape index (κ1) is 19.5. The smallest absolute Gasteiger partial charge is 0.249 e. The lowest BCUT2D eigenvalue weighted by atomic mass is 10.0. The van der Waals surface area contributed by atoms with Crippen LogP contribution >= 0.6 is 0 Å². The van der Waals surface area contributed by atoms with E-state index in [0.29, 0.717) is 19.8 Å². The normalized spacial score (nSPS) is 12.6. The lowest BCUT2D eigenvalue weighted by Crippen LogP contribution is -3.00. The van der Waals surface area contributed by atoms with Crippen molar-refractivity contribution in [3.8, 4) is 5.69 Å². The minimum Gasteiger partial charge on any atom is -1.00 e. The van der Waals surface area contributed by atoms with Crippen LogP contribution in [0.5, 0.6) is 0 Å². The highest BCUT2D eigenvalue weighted by Crippen LogP contribution is 2.22. The van der Waals surface area contributed by atoms with E-state index in [-0.39, 0.29) is 22.8 Å². The molecule has 0 amide bonds. The second kappa shape index (κ2) is 7.79. The summed E-state index contributed by atoms with van der Waals surface area (Å²) in [6.07, 6.45) is 5.95. The summed E-state index contributed by atoms with van der Waals surface area (Å²) in [7, 11) is 0. The van der Waals surface area contributed by atoms with Crippen molar-refractivity contribution in [1.82, 2.24) is 4.57 Å². The number of rotatable bonds is 4. The minimum absolute atomic E-state index is 0. The largest absolute Gasteiger partial charge is 1.00 e. The number of hydrogen-bond acceptors (Lipinski definition) is 2. The quantitative estimate of drug-likeness (QED) is 0.452. The molecule has 0 fully saturated rings. The summed E-state index contributed by atoms with van der Waals surface area (Å²) >= 11 is 0. The van der Waals surface area contributed by atoms with Crippen molar-refractivity contribution in [3.05, 3.63) is 82.4 Å². The molecule has 5 heteroatoms. The third-order valence-electron chi connectivity index (χ3n) is 4.95. The third-order valence-corrected chi connectivity index (χ3v) is 4.95. The summed E-state index contributed by atoms with van der Waals surface area (Å²) in [6.45, 7) is 7.94. The molecular weight excluding hydrogens is 404 g/mol. The van der Waals surface area contributed by atoms with E-state index < -0.39 is 0 Å². The molecule has 140 valence electrons. The molecular formula is C22H23BrN2O2. The van der Waals surface area contributed by atoms with E-state index >= 15 is 0 Å². The van der Waals surface area contributed by atoms with E-state index in [0.717, 1.165) is 11.1 Å². The topological polar surface area (TPSA) is 35.1 Å². The first-order valence-corrected chi connectivity index (χ1v) is 8.89. The van der Waals surface area contributed by atoms with Crippen LogP contribution in [0.15, 0.2) is 49.1 Å². The Bertz CT molecular complexity index is 984. The molecule has 4 nitrogen and oxygen atoms in total. The van der Waals surface area contributed by atoms with Crippen LogP contribution in [0.2, 0.25) is 0 Å². The van der Waals surface area contributed by atoms with Gasteiger partial charge in [0.05, 0.1) is 13.2 Å². The standard InChI is InChI=1S/C22H23N2O2.BrH/c1-15-8-16(2)22(17(3)9-15)24-7-6-23(14-24)11-21(25)18-4-5-19-12-26-13-20(19)10-18;/h4-10,14H,11-13H2,1-3H3;1H/q+1;/p-1. The Morgan fingerprint density at radius 2 is 1.78 bits per heavy atom. The van der Waals surface area contributed by atoms with Gasteiger partial charge in [0.15, 0.2) is 6.54 Å². The van der Waals surface area contributed by atoms with Gasteiger partial charge in [0, 0.05) is 5.56 Å². The molecule has 0 atom stereocenters. The van der Waals surface area contributed by atoms with Crippen LogP contribution in [0.3, 0.4) is 0 Å². The van der Waals surface area contributed by atoms with E-state index in [9.17, 15) is 4.79 Å². The number of benzene rings is 2. The number of carbonyl (C=O) groups excluding carboxylic acids is 1. The van der Waals surface area contributed by atoms with Gasteiger partial charge < -0.3 is 21.7 Å². The molecule has 1 aromatic heterocycles. The average molecular weight is 427 g/mol. The van der Waals surface area contributed by atoms with Crippen molar-refractivity contribution in [2.24, 2.45) is 0 Å². The van der Waals surface area contributed by atoms with Gasteiger partial charge >= 0.3 is 0 Å². The molecule has 2 aromatic carbocycles. The van der Waals surface area contributed by atoms with Crippen LogP contribution in [0.1, 0.15) is 38.2 Å². The highest BCUT2D eigenvalue weighted by molar-refractivity contribution is 5.95. The van der Waals surface area contributed by atoms with Crippen LogP contribution in [0, 0.1) is 20.8 Å². The van der Waals surface area contributed by atoms with Gasteiger partial charge in [0.1, 0.15) is 18.1 Å². The van der Waals surface area contributed by atoms with Crippen molar-refractivity contribution in [1.29, 1.82) is 0 Å². The van der Waals surface area contributed by atoms with Gasteiger partial charge in [-0.15, -0.1) is 0 Å². The Hall–Kier alpha value is -2.24. The predicted octanol–water partition coefficient (Wildman–Crippen LogP) is 0.607. The number of imidazole rings is 1. The summed E-state index contributed by atoms with van der Waals surface area (Å²) in [5.74, 6) is 0.111. The number of halogens is 1. The van der Waals surface area contributed by atoms with Gasteiger partial charge in [-0.3, -0.25) is 4.79 Å². The highest BCUT2D eigenvalue weighted by Gasteiger charge is 2.18. The van der Waals surface area contributed by atoms with Gasteiger partial charge in [0.2, 0.25) is 12.1 Å². The van der Waals surface area contributed by atoms with Crippen LogP contribution in [-0.4, -0.2) is 10.4 Å². The zero-order valence-electron chi connectivity index (χ0n) is 15.8. The van der Waals surface area contributed by atoms with Gasteiger partial charge in [0.25, 0.3) is 0 Å². The molecule has 0 bridgehead atoms. The number of fused-ring (bicyclic) bond motifs is 1. The van der Waals surface area contributed by atoms with E-state index in [1.807, 2.05) is 41.5 Å². The Labute approximate surface area is 170 Å². The van der Waals surface area contributed by atoms with E-state index in [1.165, 1.54) is 27.9 Å². The molecule has 1 aliphatic heterocycles. The van der Waals surface area contributed by atoms with Crippen molar-refractivity contribution >= 4 is 5.78 Å². The highest BCUT2D eigenvalue weighted by atomic mass is 79.9. The third kappa shape index (κ3) is 3.89. The Kier molecular flexibility index (Phi) is 5.63. The molecule has 0 radical (unpaired) electrons. The van der Waals surface area contributed by atoms with Crippen molar-refractivity contribution in [3.63, 3.8) is 0 Å². The molecule has 27 heavy (non-hydrogen) atoms. The maximum absolute atomic E-state index is 12.7. The molecule has 0 aliphatic carbocycles. The second-order valence-electron chi connectivity index (χ2n) is 7.14. The predicted molar refractivity (Wildman–Crippen MR) is 99.4 cm³/mol. The Morgan fingerprint density at radius 3 is 2.52 bits per heavy atom. The maximum atomic E-state index is 12.7. The number of aromatic nitrogens is 2. The number of nitrogens with zero attached hydrogens (tertiary/aromatic N) is 2. The van der Waals surface area contributed by atoms with Crippen LogP contribution < -0.4 is 21.5 Å². The summed E-state index contributed by atoms with van der Waals surface area (Å²) in [5.41, 5.74) is 7.97. The number of aryl methyl sites for hydroxylation is 3. The molecule has 0 unspecified atom stereocenters. The SMILES string of the molecule is Cc1cc(C)c(-n2cc[n+](CC(=O)c3ccc4c(c3)COC4)c2)c(C)c1.[Br-]. The van der Waals surface area contributed by atoms with Crippen LogP contribution in [-0.2, 0) is 24.5 Å². The van der Waals surface area contributed by atoms with Crippen molar-refractivity contribution < 1.29 is 31.1 Å². The number of carbonyl (C=O) groups is 1. The summed E-state index contributed by atoms with van der Waals surface area (Å²) in [5, 5.41) is 0. The fourth-order valence-electron chi connectivity index (χ4n) is 3.80. The first-order chi connectivity index (χ1) is 12.5. The lowest BCUT2D eigenvalue weighted by Gasteiger charge is -2.07. The molecule has 2 heterocycles. The van der Waals surface area contributed by atoms with Crippen LogP contribution in [0.25, 0.3) is 5.69 Å². The van der Waals surface area contributed by atoms with E-state index in [2.05, 4.69) is 37.5 Å². The summed E-state index contributed by atoms with van der Waals surface area (Å²) in [4.78, 5) is 12.7. The molecule has 0 N–H and O–H groups in total. The van der Waals surface area contributed by atoms with Gasteiger partial charge in [-0.25, -0.2) is 9.13 Å². The first-order valence-electron chi connectivity index (χ1n) is 8.89. The number of Topliss-reactive ketones (excluding diaryl/α,β-unsaturated/α-hetero) is 1. The van der Waals surface area contributed by atoms with E-state index in [1.54, 1.807) is 0 Å². The fourth-order valence-corrected chi connectivity index (χ4v) is 3.80. The molecule has 3 aromatic rings. The zero-order valence-corrected chi connectivity index (χ0v) is 17.4. The molecule has 0 saturated carbocycles. The number of ether oxygens (including phenoxy) is 1. The van der Waals surface area contributed by atoms with Gasteiger partial charge in [-0.2, -0.15) is 0 Å². The molecule has 0 spiro atoms. The van der Waals surface area contributed by atoms with Gasteiger partial charge in [-0.1, -0.05) is 29.8 Å². The maximum Gasteiger partial charge on any atom is 0.249 e. The fraction of sp³-hybridized carbons (Fsp3) is 0.273. The Morgan fingerprint density at radius 1 is 1.07 bits per heavy atom. The minimum atomic E-state index is 0. The summed E-state index contributed by atoms with van der Waals surface area (Å²) in [6, 6.07) is 10.2. The molecule has 1 aliphatic rings. The van der Waals surface area contributed by atoms with E-state index in [4.69, 9.17) is 4.74 Å². The summed E-state index contributed by atoms with van der Waals surface area (Å²) < 4.78 is 9.46. The van der Waals surface area contributed by atoms with Gasteiger partial charge in [-0.05, 0) is 49.1 Å². The lowest BCUT2D eigenvalue weighted by molar-refractivity contribution is -0.682. The van der Waals surface area contributed by atoms with Crippen molar-refractivity contribution in [2.75, 3.05) is 0 Å². The zero-order chi connectivity index (χ0) is 18.3. The van der Waals surface area contributed by atoms with Crippen molar-refractivity contribution in [2.45, 2.75) is 40.5 Å². The number of ketones is 1.